The van der Waals surface area contributed by atoms with Gasteiger partial charge in [-0.1, -0.05) is 19.9 Å². The number of likely N-dealkylation sites (tertiary alicyclic amines) is 1. The van der Waals surface area contributed by atoms with Crippen LogP contribution in [0.3, 0.4) is 0 Å². The van der Waals surface area contributed by atoms with Crippen LogP contribution in [0.25, 0.3) is 0 Å². The van der Waals surface area contributed by atoms with E-state index in [1.807, 2.05) is 20.8 Å². The highest BCUT2D eigenvalue weighted by Gasteiger charge is 2.24. The lowest BCUT2D eigenvalue weighted by molar-refractivity contribution is -0.125. The summed E-state index contributed by atoms with van der Waals surface area (Å²) in [4.78, 5) is 14.0. The predicted octanol–water partition coefficient (Wildman–Crippen LogP) is 2.40. The van der Waals surface area contributed by atoms with Gasteiger partial charge < -0.3 is 10.4 Å². The van der Waals surface area contributed by atoms with Gasteiger partial charge >= 0.3 is 0 Å². The van der Waals surface area contributed by atoms with Crippen LogP contribution in [0.15, 0.2) is 18.2 Å². The third kappa shape index (κ3) is 5.01. The summed E-state index contributed by atoms with van der Waals surface area (Å²) in [6.45, 7) is 7.74. The Morgan fingerprint density at radius 1 is 1.48 bits per heavy atom. The number of carbonyl (C=O) groups is 1. The topological polar surface area (TPSA) is 52.6 Å². The predicted molar refractivity (Wildman–Crippen MR) is 88.5 cm³/mol. The molecule has 128 valence electrons. The Hall–Kier alpha value is -1.46. The molecule has 1 heterocycles. The van der Waals surface area contributed by atoms with E-state index in [0.29, 0.717) is 6.54 Å². The molecule has 1 aromatic rings. The molecule has 2 unspecified atom stereocenters. The molecule has 4 nitrogen and oxygen atoms in total. The first-order valence-corrected chi connectivity index (χ1v) is 8.33. The van der Waals surface area contributed by atoms with Gasteiger partial charge in [0, 0.05) is 25.0 Å². The minimum atomic E-state index is -0.643. The van der Waals surface area contributed by atoms with E-state index in [-0.39, 0.29) is 23.7 Å². The molecule has 1 aromatic carbocycles. The molecule has 1 aliphatic rings. The molecular formula is C18H27FN2O2. The monoisotopic (exact) mass is 322 g/mol. The molecule has 0 saturated carbocycles. The molecule has 1 amide bonds. The van der Waals surface area contributed by atoms with Gasteiger partial charge in [-0.05, 0) is 49.6 Å². The van der Waals surface area contributed by atoms with E-state index in [4.69, 9.17) is 0 Å². The number of amides is 1. The second-order valence-corrected chi connectivity index (χ2v) is 6.78. The first-order valence-electron chi connectivity index (χ1n) is 8.33. The highest BCUT2D eigenvalue weighted by atomic mass is 19.1. The highest BCUT2D eigenvalue weighted by molar-refractivity contribution is 5.78. The van der Waals surface area contributed by atoms with Gasteiger partial charge in [-0.3, -0.25) is 9.69 Å². The zero-order valence-corrected chi connectivity index (χ0v) is 14.2. The third-order valence-electron chi connectivity index (χ3n) is 4.40. The summed E-state index contributed by atoms with van der Waals surface area (Å²) in [5.74, 6) is -0.225. The smallest absolute Gasteiger partial charge is 0.222 e. The van der Waals surface area contributed by atoms with Gasteiger partial charge in [0.15, 0.2) is 0 Å². The van der Waals surface area contributed by atoms with E-state index < -0.39 is 6.10 Å². The summed E-state index contributed by atoms with van der Waals surface area (Å²) < 4.78 is 13.2. The Morgan fingerprint density at radius 2 is 2.22 bits per heavy atom. The van der Waals surface area contributed by atoms with Crippen molar-refractivity contribution in [2.24, 2.45) is 5.92 Å². The van der Waals surface area contributed by atoms with Crippen molar-refractivity contribution < 1.29 is 14.3 Å². The number of β-amino-alcohol motifs (C(OH)–C–C–N with tert-alkyl or cyclic N) is 1. The lowest BCUT2D eigenvalue weighted by Gasteiger charge is -2.34. The van der Waals surface area contributed by atoms with E-state index in [1.165, 1.54) is 12.1 Å². The number of aliphatic hydroxyl groups excluding tert-OH is 1. The zero-order valence-electron chi connectivity index (χ0n) is 14.2. The summed E-state index contributed by atoms with van der Waals surface area (Å²) in [6.07, 6.45) is 1.33. The van der Waals surface area contributed by atoms with Crippen LogP contribution in [0.4, 0.5) is 4.39 Å². The molecule has 0 aliphatic carbocycles. The highest BCUT2D eigenvalue weighted by Crippen LogP contribution is 2.21. The van der Waals surface area contributed by atoms with Gasteiger partial charge in [-0.2, -0.15) is 0 Å². The first-order chi connectivity index (χ1) is 10.9. The van der Waals surface area contributed by atoms with Crippen molar-refractivity contribution in [3.63, 3.8) is 0 Å². The number of nitrogens with zero attached hydrogens (tertiary/aromatic N) is 1. The molecule has 0 spiro atoms. The molecule has 5 heteroatoms. The minimum absolute atomic E-state index is 0.0159. The molecule has 1 aliphatic heterocycles. The maximum absolute atomic E-state index is 13.2. The van der Waals surface area contributed by atoms with Gasteiger partial charge in [-0.15, -0.1) is 0 Å². The number of piperidine rings is 1. The number of carbonyl (C=O) groups excluding carboxylic acids is 1. The molecular weight excluding hydrogens is 295 g/mol. The molecule has 1 fully saturated rings. The average molecular weight is 322 g/mol. The van der Waals surface area contributed by atoms with Crippen LogP contribution < -0.4 is 5.32 Å². The van der Waals surface area contributed by atoms with Gasteiger partial charge in [0.25, 0.3) is 0 Å². The second kappa shape index (κ2) is 7.88. The van der Waals surface area contributed by atoms with Crippen LogP contribution in [0.1, 0.15) is 43.9 Å². The van der Waals surface area contributed by atoms with Crippen molar-refractivity contribution in [3.05, 3.63) is 35.1 Å². The van der Waals surface area contributed by atoms with Gasteiger partial charge in [-0.25, -0.2) is 4.39 Å². The summed E-state index contributed by atoms with van der Waals surface area (Å²) in [7, 11) is 0. The molecule has 0 aromatic heterocycles. The van der Waals surface area contributed by atoms with Crippen LogP contribution in [-0.2, 0) is 4.79 Å². The lowest BCUT2D eigenvalue weighted by atomic mass is 10.0. The van der Waals surface area contributed by atoms with E-state index in [2.05, 4.69) is 10.2 Å². The Labute approximate surface area is 137 Å². The van der Waals surface area contributed by atoms with E-state index >= 15 is 0 Å². The van der Waals surface area contributed by atoms with E-state index in [9.17, 15) is 14.3 Å². The normalized spacial score (nSPS) is 20.5. The Balaban J connectivity index is 1.92. The van der Waals surface area contributed by atoms with E-state index in [1.54, 1.807) is 6.07 Å². The van der Waals surface area contributed by atoms with Gasteiger partial charge in [0.05, 0.1) is 6.10 Å². The van der Waals surface area contributed by atoms with Crippen LogP contribution in [-0.4, -0.2) is 41.6 Å². The summed E-state index contributed by atoms with van der Waals surface area (Å²) in [5.41, 5.74) is 1.53. The quantitative estimate of drug-likeness (QED) is 0.875. The lowest BCUT2D eigenvalue weighted by Crippen LogP contribution is -2.49. The summed E-state index contributed by atoms with van der Waals surface area (Å²) in [6, 6.07) is 4.62. The molecule has 2 rings (SSSR count). The van der Waals surface area contributed by atoms with Crippen molar-refractivity contribution in [2.75, 3.05) is 19.6 Å². The third-order valence-corrected chi connectivity index (χ3v) is 4.40. The number of halogens is 1. The van der Waals surface area contributed by atoms with Crippen molar-refractivity contribution in [1.29, 1.82) is 0 Å². The molecule has 23 heavy (non-hydrogen) atoms. The maximum atomic E-state index is 13.2. The number of aliphatic hydroxyl groups is 1. The maximum Gasteiger partial charge on any atom is 0.222 e. The van der Waals surface area contributed by atoms with Crippen LogP contribution >= 0.6 is 0 Å². The number of hydrogen-bond donors (Lipinski definition) is 2. The second-order valence-electron chi connectivity index (χ2n) is 6.78. The fourth-order valence-corrected chi connectivity index (χ4v) is 3.06. The number of benzene rings is 1. The fourth-order valence-electron chi connectivity index (χ4n) is 3.06. The van der Waals surface area contributed by atoms with Gasteiger partial charge in [0.1, 0.15) is 5.82 Å². The van der Waals surface area contributed by atoms with Gasteiger partial charge in [0.2, 0.25) is 5.91 Å². The molecule has 0 radical (unpaired) electrons. The molecule has 1 saturated heterocycles. The van der Waals surface area contributed by atoms with E-state index in [0.717, 1.165) is 37.1 Å². The standard InChI is InChI=1S/C18H27FN2O2/c1-12(2)18(23)20-15-5-4-8-21(10-15)11-17(22)16-7-6-14(19)9-13(16)3/h6-7,9,12,15,17,22H,4-5,8,10-11H2,1-3H3,(H,20,23). The van der Waals surface area contributed by atoms with Crippen LogP contribution in [0, 0.1) is 18.7 Å². The number of nitrogens with one attached hydrogen (secondary N) is 1. The number of aryl methyl sites for hydroxylation is 1. The summed E-state index contributed by atoms with van der Waals surface area (Å²) in [5, 5.41) is 13.5. The SMILES string of the molecule is Cc1cc(F)ccc1C(O)CN1CCCC(NC(=O)C(C)C)C1. The summed E-state index contributed by atoms with van der Waals surface area (Å²) >= 11 is 0. The molecule has 0 bridgehead atoms. The fraction of sp³-hybridized carbons (Fsp3) is 0.611. The van der Waals surface area contributed by atoms with Crippen molar-refractivity contribution >= 4 is 5.91 Å². The van der Waals surface area contributed by atoms with Crippen molar-refractivity contribution in [2.45, 2.75) is 45.8 Å². The van der Waals surface area contributed by atoms with Crippen molar-refractivity contribution in [1.82, 2.24) is 10.2 Å². The largest absolute Gasteiger partial charge is 0.387 e. The molecule has 2 N–H and O–H groups in total. The van der Waals surface area contributed by atoms with Crippen LogP contribution in [0.5, 0.6) is 0 Å². The molecule has 2 atom stereocenters. The minimum Gasteiger partial charge on any atom is -0.387 e. The average Bonchev–Trinajstić information content (AvgIpc) is 2.47. The van der Waals surface area contributed by atoms with Crippen molar-refractivity contribution in [3.8, 4) is 0 Å². The number of hydrogen-bond acceptors (Lipinski definition) is 3. The van der Waals surface area contributed by atoms with Crippen LogP contribution in [0.2, 0.25) is 0 Å². The first kappa shape index (κ1) is 17.9. The number of rotatable bonds is 5. The Bertz CT molecular complexity index is 548. The zero-order chi connectivity index (χ0) is 17.0. The Kier molecular flexibility index (Phi) is 6.13. The Morgan fingerprint density at radius 3 is 2.87 bits per heavy atom.